The SMILES string of the molecule is Cc1nc(CNC2CC(N)C2)oc1C. The molecule has 4 nitrogen and oxygen atoms in total. The summed E-state index contributed by atoms with van der Waals surface area (Å²) in [4.78, 5) is 4.30. The molecule has 14 heavy (non-hydrogen) atoms. The average molecular weight is 195 g/mol. The zero-order valence-electron chi connectivity index (χ0n) is 8.71. The monoisotopic (exact) mass is 195 g/mol. The van der Waals surface area contributed by atoms with Crippen molar-refractivity contribution >= 4 is 0 Å². The van der Waals surface area contributed by atoms with Gasteiger partial charge in [0.2, 0.25) is 5.89 Å². The maximum atomic E-state index is 5.69. The second kappa shape index (κ2) is 3.71. The van der Waals surface area contributed by atoms with Crippen LogP contribution in [0, 0.1) is 13.8 Å². The summed E-state index contributed by atoms with van der Waals surface area (Å²) in [5.74, 6) is 1.69. The van der Waals surface area contributed by atoms with E-state index in [4.69, 9.17) is 10.2 Å². The first-order valence-electron chi connectivity index (χ1n) is 5.07. The van der Waals surface area contributed by atoms with E-state index in [2.05, 4.69) is 10.3 Å². The van der Waals surface area contributed by atoms with Crippen LogP contribution >= 0.6 is 0 Å². The Morgan fingerprint density at radius 1 is 1.50 bits per heavy atom. The van der Waals surface area contributed by atoms with Gasteiger partial charge in [0.25, 0.3) is 0 Å². The second-order valence-corrected chi connectivity index (χ2v) is 4.06. The summed E-state index contributed by atoms with van der Waals surface area (Å²) >= 11 is 0. The van der Waals surface area contributed by atoms with Crippen molar-refractivity contribution < 1.29 is 4.42 Å². The van der Waals surface area contributed by atoms with E-state index in [1.807, 2.05) is 13.8 Å². The predicted molar refractivity (Wildman–Crippen MR) is 53.8 cm³/mol. The predicted octanol–water partition coefficient (Wildman–Crippen LogP) is 0.871. The van der Waals surface area contributed by atoms with Gasteiger partial charge in [-0.25, -0.2) is 4.98 Å². The molecule has 78 valence electrons. The molecule has 1 aromatic heterocycles. The highest BCUT2D eigenvalue weighted by molar-refractivity contribution is 5.05. The number of rotatable bonds is 3. The average Bonchev–Trinajstić information content (AvgIpc) is 2.39. The normalized spacial score (nSPS) is 26.2. The molecule has 0 radical (unpaired) electrons. The van der Waals surface area contributed by atoms with Crippen molar-refractivity contribution in [3.05, 3.63) is 17.3 Å². The molecule has 4 heteroatoms. The van der Waals surface area contributed by atoms with Crippen LogP contribution in [0.15, 0.2) is 4.42 Å². The zero-order valence-corrected chi connectivity index (χ0v) is 8.71. The molecule has 3 N–H and O–H groups in total. The number of nitrogens with zero attached hydrogens (tertiary/aromatic N) is 1. The molecular weight excluding hydrogens is 178 g/mol. The summed E-state index contributed by atoms with van der Waals surface area (Å²) in [6.07, 6.45) is 2.14. The minimum Gasteiger partial charge on any atom is -0.444 e. The van der Waals surface area contributed by atoms with Crippen LogP contribution in [0.3, 0.4) is 0 Å². The molecule has 0 saturated heterocycles. The highest BCUT2D eigenvalue weighted by atomic mass is 16.4. The van der Waals surface area contributed by atoms with Crippen LogP contribution in [0.4, 0.5) is 0 Å². The molecule has 0 spiro atoms. The molecule has 0 amide bonds. The number of oxazole rings is 1. The third-order valence-corrected chi connectivity index (χ3v) is 2.79. The standard InChI is InChI=1S/C10H17N3O/c1-6-7(2)14-10(13-6)5-12-9-3-8(11)4-9/h8-9,12H,3-5,11H2,1-2H3. The van der Waals surface area contributed by atoms with Gasteiger partial charge in [-0.15, -0.1) is 0 Å². The van der Waals surface area contributed by atoms with Gasteiger partial charge in [0.15, 0.2) is 0 Å². The van der Waals surface area contributed by atoms with E-state index < -0.39 is 0 Å². The van der Waals surface area contributed by atoms with Crippen LogP contribution in [0.1, 0.15) is 30.2 Å². The fraction of sp³-hybridized carbons (Fsp3) is 0.700. The smallest absolute Gasteiger partial charge is 0.208 e. The Labute approximate surface area is 83.9 Å². The lowest BCUT2D eigenvalue weighted by atomic mass is 9.88. The highest BCUT2D eigenvalue weighted by Crippen LogP contribution is 2.18. The number of hydrogen-bond acceptors (Lipinski definition) is 4. The van der Waals surface area contributed by atoms with E-state index in [-0.39, 0.29) is 0 Å². The number of hydrogen-bond donors (Lipinski definition) is 2. The van der Waals surface area contributed by atoms with Crippen LogP contribution in [0.5, 0.6) is 0 Å². The van der Waals surface area contributed by atoms with Crippen molar-refractivity contribution in [1.29, 1.82) is 0 Å². The lowest BCUT2D eigenvalue weighted by Gasteiger charge is -2.32. The van der Waals surface area contributed by atoms with Crippen molar-refractivity contribution in [3.63, 3.8) is 0 Å². The minimum absolute atomic E-state index is 0.389. The molecule has 2 rings (SSSR count). The van der Waals surface area contributed by atoms with Crippen LogP contribution in [0.2, 0.25) is 0 Å². The molecule has 0 atom stereocenters. The summed E-state index contributed by atoms with van der Waals surface area (Å²) in [5.41, 5.74) is 6.67. The first kappa shape index (κ1) is 9.68. The van der Waals surface area contributed by atoms with Gasteiger partial charge in [0, 0.05) is 12.1 Å². The summed E-state index contributed by atoms with van der Waals surface area (Å²) in [6, 6.07) is 0.943. The zero-order chi connectivity index (χ0) is 10.1. The molecule has 1 heterocycles. The van der Waals surface area contributed by atoms with Crippen molar-refractivity contribution in [3.8, 4) is 0 Å². The third-order valence-electron chi connectivity index (χ3n) is 2.79. The van der Waals surface area contributed by atoms with Gasteiger partial charge >= 0.3 is 0 Å². The Bertz CT molecular complexity index is 296. The van der Waals surface area contributed by atoms with Gasteiger partial charge in [-0.05, 0) is 26.7 Å². The molecule has 1 fully saturated rings. The lowest BCUT2D eigenvalue weighted by Crippen LogP contribution is -2.48. The van der Waals surface area contributed by atoms with Gasteiger partial charge in [-0.1, -0.05) is 0 Å². The minimum atomic E-state index is 0.389. The summed E-state index contributed by atoms with van der Waals surface area (Å²) in [6.45, 7) is 4.61. The first-order chi connectivity index (χ1) is 6.65. The summed E-state index contributed by atoms with van der Waals surface area (Å²) < 4.78 is 5.46. The molecule has 1 aliphatic rings. The Morgan fingerprint density at radius 2 is 2.21 bits per heavy atom. The molecule has 0 aliphatic heterocycles. The van der Waals surface area contributed by atoms with E-state index in [0.29, 0.717) is 18.6 Å². The fourth-order valence-electron chi connectivity index (χ4n) is 1.67. The van der Waals surface area contributed by atoms with Crippen LogP contribution in [-0.2, 0) is 6.54 Å². The van der Waals surface area contributed by atoms with E-state index in [1.54, 1.807) is 0 Å². The second-order valence-electron chi connectivity index (χ2n) is 4.06. The van der Waals surface area contributed by atoms with Crippen molar-refractivity contribution in [2.75, 3.05) is 0 Å². The molecule has 1 aromatic rings. The van der Waals surface area contributed by atoms with Crippen molar-refractivity contribution in [1.82, 2.24) is 10.3 Å². The van der Waals surface area contributed by atoms with E-state index >= 15 is 0 Å². The van der Waals surface area contributed by atoms with Crippen molar-refractivity contribution in [2.45, 2.75) is 45.3 Å². The van der Waals surface area contributed by atoms with Crippen LogP contribution < -0.4 is 11.1 Å². The van der Waals surface area contributed by atoms with Crippen LogP contribution in [-0.4, -0.2) is 17.1 Å². The summed E-state index contributed by atoms with van der Waals surface area (Å²) in [7, 11) is 0. The lowest BCUT2D eigenvalue weighted by molar-refractivity contribution is 0.280. The van der Waals surface area contributed by atoms with Crippen LogP contribution in [0.25, 0.3) is 0 Å². The van der Waals surface area contributed by atoms with Gasteiger partial charge in [-0.2, -0.15) is 0 Å². The third kappa shape index (κ3) is 1.96. The molecular formula is C10H17N3O. The first-order valence-corrected chi connectivity index (χ1v) is 5.07. The topological polar surface area (TPSA) is 64.1 Å². The van der Waals surface area contributed by atoms with Gasteiger partial charge < -0.3 is 15.5 Å². The molecule has 0 unspecified atom stereocenters. The Kier molecular flexibility index (Phi) is 2.56. The molecule has 0 bridgehead atoms. The highest BCUT2D eigenvalue weighted by Gasteiger charge is 2.25. The fourth-order valence-corrected chi connectivity index (χ4v) is 1.67. The maximum Gasteiger partial charge on any atom is 0.208 e. The van der Waals surface area contributed by atoms with E-state index in [0.717, 1.165) is 30.2 Å². The van der Waals surface area contributed by atoms with Gasteiger partial charge in [0.1, 0.15) is 5.76 Å². The van der Waals surface area contributed by atoms with Gasteiger partial charge in [-0.3, -0.25) is 0 Å². The molecule has 0 aromatic carbocycles. The van der Waals surface area contributed by atoms with E-state index in [9.17, 15) is 0 Å². The quantitative estimate of drug-likeness (QED) is 0.751. The number of aryl methyl sites for hydroxylation is 2. The van der Waals surface area contributed by atoms with Crippen molar-refractivity contribution in [2.24, 2.45) is 5.73 Å². The Hall–Kier alpha value is -0.870. The molecule has 1 saturated carbocycles. The Morgan fingerprint density at radius 3 is 2.71 bits per heavy atom. The van der Waals surface area contributed by atoms with Gasteiger partial charge in [0.05, 0.1) is 12.2 Å². The summed E-state index contributed by atoms with van der Waals surface area (Å²) in [5, 5.41) is 3.37. The number of nitrogens with two attached hydrogens (primary N) is 1. The maximum absolute atomic E-state index is 5.69. The largest absolute Gasteiger partial charge is 0.444 e. The number of nitrogens with one attached hydrogen (secondary N) is 1. The number of aromatic nitrogens is 1. The van der Waals surface area contributed by atoms with E-state index in [1.165, 1.54) is 0 Å². The Balaban J connectivity index is 1.80. The molecule has 1 aliphatic carbocycles.